The zero-order valence-corrected chi connectivity index (χ0v) is 15.5. The molecule has 3 rings (SSSR count). The molecule has 0 spiro atoms. The standard InChI is InChI=1S/C18H24N4O2S/c1-3-22(16-9-11-25(23,24)13-16)17-8-10-19-18(21-17)20-12-15-7-5-4-6-14(15)2/h4-8,10,16H,3,9,11-13H2,1-2H3,(H,19,20,21). The van der Waals surface area contributed by atoms with Crippen LogP contribution in [0.4, 0.5) is 11.8 Å². The molecule has 0 bridgehead atoms. The number of aryl methyl sites for hydroxylation is 1. The Morgan fingerprint density at radius 2 is 2.08 bits per heavy atom. The average Bonchev–Trinajstić information content (AvgIpc) is 2.95. The summed E-state index contributed by atoms with van der Waals surface area (Å²) in [4.78, 5) is 10.9. The highest BCUT2D eigenvalue weighted by Crippen LogP contribution is 2.23. The first-order chi connectivity index (χ1) is 12.0. The van der Waals surface area contributed by atoms with E-state index in [9.17, 15) is 8.42 Å². The molecule has 1 aromatic heterocycles. The minimum absolute atomic E-state index is 0.00545. The number of anilines is 2. The van der Waals surface area contributed by atoms with Crippen LogP contribution in [0.2, 0.25) is 0 Å². The van der Waals surface area contributed by atoms with Gasteiger partial charge in [-0.3, -0.25) is 0 Å². The quantitative estimate of drug-likeness (QED) is 0.853. The second-order valence-electron chi connectivity index (χ2n) is 6.36. The fourth-order valence-electron chi connectivity index (χ4n) is 3.21. The molecule has 0 saturated carbocycles. The molecule has 7 heteroatoms. The summed E-state index contributed by atoms with van der Waals surface area (Å²) >= 11 is 0. The molecule has 1 aliphatic heterocycles. The number of benzene rings is 1. The van der Waals surface area contributed by atoms with Gasteiger partial charge in [0.05, 0.1) is 11.5 Å². The maximum Gasteiger partial charge on any atom is 0.224 e. The Balaban J connectivity index is 1.73. The maximum absolute atomic E-state index is 11.8. The Labute approximate surface area is 149 Å². The number of sulfone groups is 1. The summed E-state index contributed by atoms with van der Waals surface area (Å²) in [6.45, 7) is 5.47. The van der Waals surface area contributed by atoms with Crippen molar-refractivity contribution in [3.8, 4) is 0 Å². The van der Waals surface area contributed by atoms with Crippen molar-refractivity contribution in [2.24, 2.45) is 0 Å². The average molecular weight is 360 g/mol. The van der Waals surface area contributed by atoms with Gasteiger partial charge in [-0.05, 0) is 37.5 Å². The highest BCUT2D eigenvalue weighted by molar-refractivity contribution is 7.91. The Morgan fingerprint density at radius 3 is 2.76 bits per heavy atom. The van der Waals surface area contributed by atoms with E-state index in [1.54, 1.807) is 6.20 Å². The largest absolute Gasteiger partial charge is 0.353 e. The van der Waals surface area contributed by atoms with E-state index in [0.29, 0.717) is 25.5 Å². The number of rotatable bonds is 6. The van der Waals surface area contributed by atoms with Crippen LogP contribution in [0.3, 0.4) is 0 Å². The van der Waals surface area contributed by atoms with Crippen LogP contribution in [-0.2, 0) is 16.4 Å². The van der Waals surface area contributed by atoms with Crippen LogP contribution in [0.1, 0.15) is 24.5 Å². The van der Waals surface area contributed by atoms with Gasteiger partial charge in [0, 0.05) is 25.3 Å². The number of hydrogen-bond acceptors (Lipinski definition) is 6. The fraction of sp³-hybridized carbons (Fsp3) is 0.444. The minimum atomic E-state index is -2.92. The van der Waals surface area contributed by atoms with E-state index < -0.39 is 9.84 Å². The van der Waals surface area contributed by atoms with Crippen molar-refractivity contribution >= 4 is 21.6 Å². The zero-order valence-electron chi connectivity index (χ0n) is 14.6. The number of hydrogen-bond donors (Lipinski definition) is 1. The van der Waals surface area contributed by atoms with E-state index in [2.05, 4.69) is 39.2 Å². The Bertz CT molecular complexity index is 838. The van der Waals surface area contributed by atoms with Crippen molar-refractivity contribution < 1.29 is 8.42 Å². The first-order valence-electron chi connectivity index (χ1n) is 8.57. The predicted molar refractivity (Wildman–Crippen MR) is 101 cm³/mol. The van der Waals surface area contributed by atoms with Gasteiger partial charge in [-0.1, -0.05) is 24.3 Å². The zero-order chi connectivity index (χ0) is 17.9. The Morgan fingerprint density at radius 1 is 1.28 bits per heavy atom. The van der Waals surface area contributed by atoms with Crippen molar-refractivity contribution in [3.05, 3.63) is 47.7 Å². The first kappa shape index (κ1) is 17.7. The molecule has 0 radical (unpaired) electrons. The molecule has 1 N–H and O–H groups in total. The van der Waals surface area contributed by atoms with Crippen molar-refractivity contribution in [1.82, 2.24) is 9.97 Å². The summed E-state index contributed by atoms with van der Waals surface area (Å²) in [5.41, 5.74) is 2.42. The van der Waals surface area contributed by atoms with Crippen molar-refractivity contribution in [2.75, 3.05) is 28.3 Å². The summed E-state index contributed by atoms with van der Waals surface area (Å²) in [7, 11) is -2.92. The van der Waals surface area contributed by atoms with E-state index in [-0.39, 0.29) is 17.5 Å². The van der Waals surface area contributed by atoms with Crippen molar-refractivity contribution in [3.63, 3.8) is 0 Å². The lowest BCUT2D eigenvalue weighted by Gasteiger charge is -2.28. The molecule has 25 heavy (non-hydrogen) atoms. The summed E-state index contributed by atoms with van der Waals surface area (Å²) in [6.07, 6.45) is 2.38. The number of nitrogens with one attached hydrogen (secondary N) is 1. The monoisotopic (exact) mass is 360 g/mol. The lowest BCUT2D eigenvalue weighted by molar-refractivity contribution is 0.599. The fourth-order valence-corrected chi connectivity index (χ4v) is 4.94. The highest BCUT2D eigenvalue weighted by atomic mass is 32.2. The third-order valence-electron chi connectivity index (χ3n) is 4.62. The topological polar surface area (TPSA) is 75.2 Å². The molecule has 2 heterocycles. The number of nitrogens with zero attached hydrogens (tertiary/aromatic N) is 3. The van der Waals surface area contributed by atoms with Gasteiger partial charge in [-0.15, -0.1) is 0 Å². The van der Waals surface area contributed by atoms with Crippen LogP contribution in [0, 0.1) is 6.92 Å². The van der Waals surface area contributed by atoms with Crippen LogP contribution in [0.5, 0.6) is 0 Å². The smallest absolute Gasteiger partial charge is 0.224 e. The maximum atomic E-state index is 11.8. The molecule has 1 atom stereocenters. The molecule has 1 saturated heterocycles. The summed E-state index contributed by atoms with van der Waals surface area (Å²) in [5.74, 6) is 1.79. The molecule has 1 aliphatic rings. The lowest BCUT2D eigenvalue weighted by atomic mass is 10.1. The van der Waals surface area contributed by atoms with Gasteiger partial charge in [0.15, 0.2) is 9.84 Å². The Hall–Kier alpha value is -2.15. The van der Waals surface area contributed by atoms with Crippen molar-refractivity contribution in [1.29, 1.82) is 0 Å². The predicted octanol–water partition coefficient (Wildman–Crippen LogP) is 2.41. The van der Waals surface area contributed by atoms with Crippen LogP contribution >= 0.6 is 0 Å². The normalized spacial score (nSPS) is 18.9. The second-order valence-corrected chi connectivity index (χ2v) is 8.59. The molecule has 1 aromatic carbocycles. The third kappa shape index (κ3) is 4.28. The molecule has 134 valence electrons. The van der Waals surface area contributed by atoms with Gasteiger partial charge in [0.25, 0.3) is 0 Å². The molecular weight excluding hydrogens is 336 g/mol. The minimum Gasteiger partial charge on any atom is -0.353 e. The molecule has 1 fully saturated rings. The van der Waals surface area contributed by atoms with Gasteiger partial charge in [-0.2, -0.15) is 4.98 Å². The molecule has 6 nitrogen and oxygen atoms in total. The molecule has 0 aliphatic carbocycles. The summed E-state index contributed by atoms with van der Waals surface area (Å²) in [6, 6.07) is 10.0. The van der Waals surface area contributed by atoms with E-state index in [4.69, 9.17) is 0 Å². The second kappa shape index (κ2) is 7.39. The van der Waals surface area contributed by atoms with Gasteiger partial charge in [0.2, 0.25) is 5.95 Å². The van der Waals surface area contributed by atoms with Crippen molar-refractivity contribution in [2.45, 2.75) is 32.9 Å². The highest BCUT2D eigenvalue weighted by Gasteiger charge is 2.32. The molecule has 0 amide bonds. The lowest BCUT2D eigenvalue weighted by Crippen LogP contribution is -2.36. The Kier molecular flexibility index (Phi) is 5.22. The van der Waals surface area contributed by atoms with Gasteiger partial charge in [-0.25, -0.2) is 13.4 Å². The van der Waals surface area contributed by atoms with Crippen LogP contribution in [-0.4, -0.2) is 42.5 Å². The van der Waals surface area contributed by atoms with Crippen LogP contribution < -0.4 is 10.2 Å². The number of aromatic nitrogens is 2. The summed E-state index contributed by atoms with van der Waals surface area (Å²) in [5, 5.41) is 3.26. The van der Waals surface area contributed by atoms with Crippen LogP contribution in [0.15, 0.2) is 36.5 Å². The van der Waals surface area contributed by atoms with E-state index in [0.717, 1.165) is 5.82 Å². The van der Waals surface area contributed by atoms with E-state index >= 15 is 0 Å². The summed E-state index contributed by atoms with van der Waals surface area (Å²) < 4.78 is 23.6. The third-order valence-corrected chi connectivity index (χ3v) is 6.37. The molecule has 2 aromatic rings. The SMILES string of the molecule is CCN(c1ccnc(NCc2ccccc2C)n1)C1CCS(=O)(=O)C1. The van der Waals surface area contributed by atoms with E-state index in [1.807, 2.05) is 25.1 Å². The van der Waals surface area contributed by atoms with Crippen LogP contribution in [0.25, 0.3) is 0 Å². The first-order valence-corrected chi connectivity index (χ1v) is 10.4. The van der Waals surface area contributed by atoms with Gasteiger partial charge < -0.3 is 10.2 Å². The molecular formula is C18H24N4O2S. The van der Waals surface area contributed by atoms with Gasteiger partial charge in [0.1, 0.15) is 5.82 Å². The molecule has 1 unspecified atom stereocenters. The van der Waals surface area contributed by atoms with E-state index in [1.165, 1.54) is 11.1 Å². The van der Waals surface area contributed by atoms with Gasteiger partial charge >= 0.3 is 0 Å².